The Bertz CT molecular complexity index is 1180. The van der Waals surface area contributed by atoms with E-state index in [2.05, 4.69) is 31.6 Å². The molecule has 2 aromatic carbocycles. The van der Waals surface area contributed by atoms with Crippen LogP contribution in [0.3, 0.4) is 0 Å². The summed E-state index contributed by atoms with van der Waals surface area (Å²) in [6, 6.07) is 13.6. The third-order valence-electron chi connectivity index (χ3n) is 5.45. The SMILES string of the molecule is Cc1cccc(NC(=O)Nc2cccc(CNC(=O)c3nnn(C4CCNC4)c3C(F)F)c2)c1. The first-order valence-corrected chi connectivity index (χ1v) is 10.9. The largest absolute Gasteiger partial charge is 0.346 e. The second-order valence-electron chi connectivity index (χ2n) is 8.05. The highest BCUT2D eigenvalue weighted by Gasteiger charge is 2.30. The van der Waals surface area contributed by atoms with Gasteiger partial charge < -0.3 is 21.3 Å². The van der Waals surface area contributed by atoms with E-state index in [1.165, 1.54) is 0 Å². The van der Waals surface area contributed by atoms with E-state index in [0.717, 1.165) is 10.2 Å². The molecule has 0 spiro atoms. The minimum atomic E-state index is -2.88. The number of halogens is 2. The Morgan fingerprint density at radius 2 is 1.88 bits per heavy atom. The van der Waals surface area contributed by atoms with Crippen LogP contribution in [0.2, 0.25) is 0 Å². The lowest BCUT2D eigenvalue weighted by molar-refractivity contribution is 0.0927. The number of anilines is 2. The van der Waals surface area contributed by atoms with Gasteiger partial charge in [-0.25, -0.2) is 18.3 Å². The van der Waals surface area contributed by atoms with Gasteiger partial charge in [-0.05, 0) is 55.3 Å². The van der Waals surface area contributed by atoms with Crippen LogP contribution in [0.4, 0.5) is 25.0 Å². The monoisotopic (exact) mass is 469 g/mol. The van der Waals surface area contributed by atoms with E-state index in [1.54, 1.807) is 30.3 Å². The Morgan fingerprint density at radius 3 is 2.56 bits per heavy atom. The molecule has 1 unspecified atom stereocenters. The number of carbonyl (C=O) groups is 2. The first kappa shape index (κ1) is 23.3. The van der Waals surface area contributed by atoms with E-state index in [1.807, 2.05) is 25.1 Å². The van der Waals surface area contributed by atoms with Crippen molar-refractivity contribution in [1.82, 2.24) is 25.6 Å². The Balaban J connectivity index is 1.38. The van der Waals surface area contributed by atoms with E-state index >= 15 is 0 Å². The molecule has 3 aromatic rings. The van der Waals surface area contributed by atoms with Gasteiger partial charge in [-0.15, -0.1) is 5.10 Å². The number of aromatic nitrogens is 3. The van der Waals surface area contributed by atoms with Crippen molar-refractivity contribution in [1.29, 1.82) is 0 Å². The van der Waals surface area contributed by atoms with Crippen molar-refractivity contribution in [2.24, 2.45) is 0 Å². The van der Waals surface area contributed by atoms with Crippen LogP contribution in [0.1, 0.15) is 46.2 Å². The summed E-state index contributed by atoms with van der Waals surface area (Å²) in [5, 5.41) is 18.7. The van der Waals surface area contributed by atoms with Gasteiger partial charge in [0.2, 0.25) is 0 Å². The van der Waals surface area contributed by atoms with E-state index in [-0.39, 0.29) is 18.3 Å². The van der Waals surface area contributed by atoms with Crippen molar-refractivity contribution in [3.63, 3.8) is 0 Å². The average Bonchev–Trinajstić information content (AvgIpc) is 3.47. The predicted molar refractivity (Wildman–Crippen MR) is 123 cm³/mol. The van der Waals surface area contributed by atoms with E-state index in [0.29, 0.717) is 36.4 Å². The van der Waals surface area contributed by atoms with Gasteiger partial charge in [-0.1, -0.05) is 29.5 Å². The molecular formula is C23H25F2N7O2. The molecule has 0 bridgehead atoms. The zero-order valence-corrected chi connectivity index (χ0v) is 18.5. The molecule has 1 atom stereocenters. The molecule has 1 fully saturated rings. The third kappa shape index (κ3) is 5.54. The van der Waals surface area contributed by atoms with Crippen LogP contribution < -0.4 is 21.3 Å². The molecule has 0 radical (unpaired) electrons. The number of amides is 3. The van der Waals surface area contributed by atoms with Gasteiger partial charge >= 0.3 is 6.03 Å². The molecular weight excluding hydrogens is 444 g/mol. The zero-order chi connectivity index (χ0) is 24.1. The number of benzene rings is 2. The molecule has 34 heavy (non-hydrogen) atoms. The van der Waals surface area contributed by atoms with Gasteiger partial charge in [0.05, 0.1) is 6.04 Å². The number of rotatable bonds is 7. The summed E-state index contributed by atoms with van der Waals surface area (Å²) in [6.07, 6.45) is -2.24. The quantitative estimate of drug-likeness (QED) is 0.422. The second-order valence-corrected chi connectivity index (χ2v) is 8.05. The van der Waals surface area contributed by atoms with Crippen LogP contribution in [-0.2, 0) is 6.54 Å². The molecule has 11 heteroatoms. The number of hydrogen-bond acceptors (Lipinski definition) is 5. The van der Waals surface area contributed by atoms with Crippen LogP contribution in [-0.4, -0.2) is 40.0 Å². The second kappa shape index (κ2) is 10.4. The average molecular weight is 469 g/mol. The first-order valence-electron chi connectivity index (χ1n) is 10.9. The maximum absolute atomic E-state index is 13.7. The van der Waals surface area contributed by atoms with Crippen molar-refractivity contribution < 1.29 is 18.4 Å². The van der Waals surface area contributed by atoms with E-state index in [4.69, 9.17) is 0 Å². The summed E-state index contributed by atoms with van der Waals surface area (Å²) in [7, 11) is 0. The minimum absolute atomic E-state index is 0.0639. The van der Waals surface area contributed by atoms with Gasteiger partial charge in [0.25, 0.3) is 12.3 Å². The molecule has 4 rings (SSSR count). The highest BCUT2D eigenvalue weighted by molar-refractivity contribution is 5.99. The summed E-state index contributed by atoms with van der Waals surface area (Å²) in [5.41, 5.74) is 2.02. The van der Waals surface area contributed by atoms with Gasteiger partial charge in [-0.3, -0.25) is 4.79 Å². The third-order valence-corrected chi connectivity index (χ3v) is 5.45. The molecule has 1 aliphatic rings. The van der Waals surface area contributed by atoms with Gasteiger partial charge in [0, 0.05) is 24.5 Å². The smallest absolute Gasteiger partial charge is 0.323 e. The van der Waals surface area contributed by atoms with Crippen LogP contribution in [0, 0.1) is 6.92 Å². The first-order chi connectivity index (χ1) is 16.4. The number of alkyl halides is 2. The molecule has 178 valence electrons. The van der Waals surface area contributed by atoms with Crippen molar-refractivity contribution in [3.05, 3.63) is 71.0 Å². The highest BCUT2D eigenvalue weighted by Crippen LogP contribution is 2.26. The van der Waals surface area contributed by atoms with Gasteiger partial charge in [-0.2, -0.15) is 0 Å². The van der Waals surface area contributed by atoms with Crippen LogP contribution >= 0.6 is 0 Å². The Labute approximate surface area is 194 Å². The van der Waals surface area contributed by atoms with Crippen molar-refractivity contribution in [2.75, 3.05) is 23.7 Å². The van der Waals surface area contributed by atoms with Gasteiger partial charge in [0.15, 0.2) is 5.69 Å². The normalized spacial score (nSPS) is 15.4. The number of urea groups is 1. The number of carbonyl (C=O) groups excluding carboxylic acids is 2. The van der Waals surface area contributed by atoms with E-state index < -0.39 is 24.1 Å². The van der Waals surface area contributed by atoms with Crippen molar-refractivity contribution in [2.45, 2.75) is 32.4 Å². The van der Waals surface area contributed by atoms with Crippen LogP contribution in [0.5, 0.6) is 0 Å². The number of aryl methyl sites for hydroxylation is 1. The fourth-order valence-corrected chi connectivity index (χ4v) is 3.83. The fourth-order valence-electron chi connectivity index (χ4n) is 3.83. The minimum Gasteiger partial charge on any atom is -0.346 e. The van der Waals surface area contributed by atoms with E-state index in [9.17, 15) is 18.4 Å². The number of nitrogens with one attached hydrogen (secondary N) is 4. The molecule has 3 amide bonds. The molecule has 4 N–H and O–H groups in total. The van der Waals surface area contributed by atoms with Crippen LogP contribution in [0.25, 0.3) is 0 Å². The maximum Gasteiger partial charge on any atom is 0.323 e. The Kier molecular flexibility index (Phi) is 7.12. The maximum atomic E-state index is 13.7. The molecule has 1 saturated heterocycles. The molecule has 2 heterocycles. The summed E-state index contributed by atoms with van der Waals surface area (Å²) >= 11 is 0. The standard InChI is InChI=1S/C23H25F2N7O2/c1-14-4-2-6-16(10-14)28-23(34)29-17-7-3-5-15(11-17)12-27-22(33)19-20(21(24)25)32(31-30-19)18-8-9-26-13-18/h2-7,10-11,18,21,26H,8-9,12-13H2,1H3,(H,27,33)(H2,28,29,34). The summed E-state index contributed by atoms with van der Waals surface area (Å²) in [4.78, 5) is 24.9. The lowest BCUT2D eigenvalue weighted by Crippen LogP contribution is -2.25. The Hall–Kier alpha value is -3.86. The fraction of sp³-hybridized carbons (Fsp3) is 0.304. The summed E-state index contributed by atoms with van der Waals surface area (Å²) in [5.74, 6) is -0.733. The zero-order valence-electron chi connectivity index (χ0n) is 18.5. The summed E-state index contributed by atoms with van der Waals surface area (Å²) in [6.45, 7) is 3.19. The number of hydrogen-bond donors (Lipinski definition) is 4. The van der Waals surface area contributed by atoms with Crippen molar-refractivity contribution >= 4 is 23.3 Å². The number of nitrogens with zero attached hydrogens (tertiary/aromatic N) is 3. The lowest BCUT2D eigenvalue weighted by Gasteiger charge is -2.13. The molecule has 9 nitrogen and oxygen atoms in total. The molecule has 1 aliphatic heterocycles. The summed E-state index contributed by atoms with van der Waals surface area (Å²) < 4.78 is 28.6. The molecule has 0 aliphatic carbocycles. The molecule has 1 aromatic heterocycles. The highest BCUT2D eigenvalue weighted by atomic mass is 19.3. The molecule has 0 saturated carbocycles. The Morgan fingerprint density at radius 1 is 1.15 bits per heavy atom. The topological polar surface area (TPSA) is 113 Å². The predicted octanol–water partition coefficient (Wildman–Crippen LogP) is 3.63. The van der Waals surface area contributed by atoms with Crippen LogP contribution in [0.15, 0.2) is 48.5 Å². The lowest BCUT2D eigenvalue weighted by atomic mass is 10.2. The van der Waals surface area contributed by atoms with Crippen molar-refractivity contribution in [3.8, 4) is 0 Å². The van der Waals surface area contributed by atoms with Gasteiger partial charge in [0.1, 0.15) is 5.69 Å².